The monoisotopic (exact) mass is 294 g/mol. The van der Waals surface area contributed by atoms with Gasteiger partial charge < -0.3 is 25.1 Å². The first-order chi connectivity index (χ1) is 10.0. The molecule has 1 aromatic rings. The van der Waals surface area contributed by atoms with Crippen LogP contribution in [0.25, 0.3) is 0 Å². The molecule has 2 heterocycles. The Morgan fingerprint density at radius 2 is 2.33 bits per heavy atom. The van der Waals surface area contributed by atoms with Gasteiger partial charge in [-0.05, 0) is 24.1 Å². The molecule has 0 amide bonds. The van der Waals surface area contributed by atoms with Gasteiger partial charge >= 0.3 is 5.97 Å². The Balaban J connectivity index is 1.76. The Morgan fingerprint density at radius 3 is 3.00 bits per heavy atom. The number of aliphatic carboxylic acids is 1. The van der Waals surface area contributed by atoms with E-state index < -0.39 is 11.5 Å². The van der Waals surface area contributed by atoms with Gasteiger partial charge in [0.2, 0.25) is 12.5 Å². The molecule has 1 fully saturated rings. The van der Waals surface area contributed by atoms with Crippen LogP contribution in [-0.4, -0.2) is 48.5 Å². The molecule has 0 aliphatic carbocycles. The van der Waals surface area contributed by atoms with Crippen LogP contribution in [0.5, 0.6) is 17.2 Å². The summed E-state index contributed by atoms with van der Waals surface area (Å²) in [4.78, 5) is 13.2. The van der Waals surface area contributed by atoms with Gasteiger partial charge in [0.1, 0.15) is 5.54 Å². The molecule has 0 aromatic heterocycles. The summed E-state index contributed by atoms with van der Waals surface area (Å²) in [5, 5.41) is 9.16. The molecule has 0 bridgehead atoms. The van der Waals surface area contributed by atoms with E-state index in [0.717, 1.165) is 5.56 Å². The second kappa shape index (κ2) is 5.09. The molecule has 7 heteroatoms. The minimum absolute atomic E-state index is 0.184. The fourth-order valence-electron chi connectivity index (χ4n) is 2.76. The van der Waals surface area contributed by atoms with Crippen molar-refractivity contribution in [1.29, 1.82) is 0 Å². The lowest BCUT2D eigenvalue weighted by atomic mass is 10.0. The molecule has 3 N–H and O–H groups in total. The van der Waals surface area contributed by atoms with Gasteiger partial charge in [0.05, 0.1) is 7.11 Å². The molecule has 0 saturated carbocycles. The summed E-state index contributed by atoms with van der Waals surface area (Å²) < 4.78 is 16.0. The van der Waals surface area contributed by atoms with Gasteiger partial charge in [0.15, 0.2) is 11.5 Å². The van der Waals surface area contributed by atoms with Gasteiger partial charge in [0, 0.05) is 19.6 Å². The van der Waals surface area contributed by atoms with Gasteiger partial charge in [0.25, 0.3) is 0 Å². The molecule has 21 heavy (non-hydrogen) atoms. The van der Waals surface area contributed by atoms with Gasteiger partial charge in [-0.25, -0.2) is 0 Å². The number of nitrogens with zero attached hydrogens (tertiary/aromatic N) is 1. The number of hydrogen-bond donors (Lipinski definition) is 2. The third-order valence-corrected chi connectivity index (χ3v) is 3.93. The Labute approximate surface area is 122 Å². The minimum atomic E-state index is -1.15. The zero-order valence-corrected chi connectivity index (χ0v) is 11.8. The molecular formula is C14H18N2O5. The fraction of sp³-hybridized carbons (Fsp3) is 0.500. The van der Waals surface area contributed by atoms with Crippen LogP contribution >= 0.6 is 0 Å². The van der Waals surface area contributed by atoms with Gasteiger partial charge in [-0.3, -0.25) is 9.69 Å². The number of benzene rings is 1. The molecular weight excluding hydrogens is 276 g/mol. The van der Waals surface area contributed by atoms with Crippen molar-refractivity contribution in [1.82, 2.24) is 4.90 Å². The maximum Gasteiger partial charge on any atom is 0.325 e. The van der Waals surface area contributed by atoms with Crippen molar-refractivity contribution in [2.24, 2.45) is 5.73 Å². The third kappa shape index (κ3) is 2.50. The SMILES string of the molecule is COc1cc(CN2CC[C@](N)(C(=O)O)C2)cc2c1OCO2. The second-order valence-electron chi connectivity index (χ2n) is 5.45. The van der Waals surface area contributed by atoms with Crippen LogP contribution in [0.3, 0.4) is 0 Å². The molecule has 2 aliphatic rings. The van der Waals surface area contributed by atoms with Crippen molar-refractivity contribution in [3.63, 3.8) is 0 Å². The highest BCUT2D eigenvalue weighted by atomic mass is 16.7. The van der Waals surface area contributed by atoms with Crippen molar-refractivity contribution in [2.45, 2.75) is 18.5 Å². The van der Waals surface area contributed by atoms with E-state index in [-0.39, 0.29) is 6.79 Å². The number of likely N-dealkylation sites (tertiary alicyclic amines) is 1. The zero-order valence-electron chi connectivity index (χ0n) is 11.8. The Morgan fingerprint density at radius 1 is 1.52 bits per heavy atom. The van der Waals surface area contributed by atoms with Crippen molar-refractivity contribution >= 4 is 5.97 Å². The number of carbonyl (C=O) groups is 1. The molecule has 1 saturated heterocycles. The summed E-state index contributed by atoms with van der Waals surface area (Å²) in [6, 6.07) is 3.77. The van der Waals surface area contributed by atoms with E-state index in [0.29, 0.717) is 43.3 Å². The topological polar surface area (TPSA) is 94.3 Å². The second-order valence-corrected chi connectivity index (χ2v) is 5.45. The normalized spacial score (nSPS) is 24.3. The predicted molar refractivity (Wildman–Crippen MR) is 73.6 cm³/mol. The lowest BCUT2D eigenvalue weighted by Gasteiger charge is -2.20. The summed E-state index contributed by atoms with van der Waals surface area (Å²) in [7, 11) is 1.58. The van der Waals surface area contributed by atoms with E-state index in [9.17, 15) is 4.79 Å². The predicted octanol–water partition coefficient (Wildman–Crippen LogP) is 0.412. The summed E-state index contributed by atoms with van der Waals surface area (Å²) in [6.07, 6.45) is 0.448. The highest BCUT2D eigenvalue weighted by Crippen LogP contribution is 2.42. The number of fused-ring (bicyclic) bond motifs is 1. The van der Waals surface area contributed by atoms with Crippen molar-refractivity contribution in [3.05, 3.63) is 17.7 Å². The lowest BCUT2D eigenvalue weighted by Crippen LogP contribution is -2.50. The summed E-state index contributed by atoms with van der Waals surface area (Å²) in [5.41, 5.74) is 5.71. The number of hydrogen-bond acceptors (Lipinski definition) is 6. The number of nitrogens with two attached hydrogens (primary N) is 1. The molecule has 114 valence electrons. The highest BCUT2D eigenvalue weighted by Gasteiger charge is 2.41. The summed E-state index contributed by atoms with van der Waals surface area (Å²) >= 11 is 0. The maximum atomic E-state index is 11.2. The largest absolute Gasteiger partial charge is 0.493 e. The van der Waals surface area contributed by atoms with Crippen LogP contribution in [-0.2, 0) is 11.3 Å². The van der Waals surface area contributed by atoms with Crippen molar-refractivity contribution in [2.75, 3.05) is 27.0 Å². The standard InChI is InChI=1S/C14H18N2O5/c1-19-10-4-9(5-11-12(10)21-8-20-11)6-16-3-2-14(15,7-16)13(17)18/h4-5H,2-3,6-8,15H2,1H3,(H,17,18)/t14-/m1/s1. The van der Waals surface area contributed by atoms with E-state index in [1.807, 2.05) is 17.0 Å². The lowest BCUT2D eigenvalue weighted by molar-refractivity contribution is -0.142. The maximum absolute atomic E-state index is 11.2. The first-order valence-corrected chi connectivity index (χ1v) is 6.73. The fourth-order valence-corrected chi connectivity index (χ4v) is 2.76. The Hall–Kier alpha value is -1.99. The molecule has 3 rings (SSSR count). The number of rotatable bonds is 4. The number of carboxylic acid groups (broad SMARTS) is 1. The Kier molecular flexibility index (Phi) is 3.38. The average Bonchev–Trinajstić information content (AvgIpc) is 3.05. The van der Waals surface area contributed by atoms with Crippen LogP contribution in [0, 0.1) is 0 Å². The van der Waals surface area contributed by atoms with Crippen LogP contribution in [0.4, 0.5) is 0 Å². The average molecular weight is 294 g/mol. The Bertz CT molecular complexity index is 577. The zero-order chi connectivity index (χ0) is 15.0. The van der Waals surface area contributed by atoms with E-state index in [2.05, 4.69) is 0 Å². The van der Waals surface area contributed by atoms with Crippen molar-refractivity contribution in [3.8, 4) is 17.2 Å². The van der Waals surface area contributed by atoms with Crippen LogP contribution < -0.4 is 19.9 Å². The molecule has 0 spiro atoms. The summed E-state index contributed by atoms with van der Waals surface area (Å²) in [5.74, 6) is 0.937. The van der Waals surface area contributed by atoms with Gasteiger partial charge in [-0.2, -0.15) is 0 Å². The first-order valence-electron chi connectivity index (χ1n) is 6.73. The van der Waals surface area contributed by atoms with E-state index >= 15 is 0 Å². The van der Waals surface area contributed by atoms with Crippen LogP contribution in [0.2, 0.25) is 0 Å². The first kappa shape index (κ1) is 14.0. The summed E-state index contributed by atoms with van der Waals surface area (Å²) in [6.45, 7) is 1.77. The highest BCUT2D eigenvalue weighted by molar-refractivity contribution is 5.79. The van der Waals surface area contributed by atoms with E-state index in [4.69, 9.17) is 25.1 Å². The quantitative estimate of drug-likeness (QED) is 0.830. The molecule has 0 radical (unpaired) electrons. The van der Waals surface area contributed by atoms with Crippen LogP contribution in [0.1, 0.15) is 12.0 Å². The number of ether oxygens (including phenoxy) is 3. The number of methoxy groups -OCH3 is 1. The van der Waals surface area contributed by atoms with Crippen LogP contribution in [0.15, 0.2) is 12.1 Å². The molecule has 1 atom stereocenters. The van der Waals surface area contributed by atoms with Gasteiger partial charge in [-0.15, -0.1) is 0 Å². The van der Waals surface area contributed by atoms with E-state index in [1.165, 1.54) is 0 Å². The third-order valence-electron chi connectivity index (χ3n) is 3.93. The minimum Gasteiger partial charge on any atom is -0.493 e. The van der Waals surface area contributed by atoms with Crippen molar-refractivity contribution < 1.29 is 24.1 Å². The number of carboxylic acids is 1. The molecule has 7 nitrogen and oxygen atoms in total. The van der Waals surface area contributed by atoms with Gasteiger partial charge in [-0.1, -0.05) is 0 Å². The molecule has 2 aliphatic heterocycles. The smallest absolute Gasteiger partial charge is 0.325 e. The molecule has 1 aromatic carbocycles. The van der Waals surface area contributed by atoms with E-state index in [1.54, 1.807) is 7.11 Å². The molecule has 0 unspecified atom stereocenters.